The minimum Gasteiger partial charge on any atom is -0.360 e. The SMILES string of the molecule is Cc1onc(-c2ccccc2Cl)c1C(=O)NCCCN1CCNCC1. The molecule has 1 amide bonds. The minimum atomic E-state index is -0.172. The maximum atomic E-state index is 12.6. The van der Waals surface area contributed by atoms with E-state index in [2.05, 4.69) is 20.7 Å². The summed E-state index contributed by atoms with van der Waals surface area (Å²) in [6.07, 6.45) is 0.914. The minimum absolute atomic E-state index is 0.172. The molecule has 25 heavy (non-hydrogen) atoms. The van der Waals surface area contributed by atoms with Crippen LogP contribution in [0, 0.1) is 6.92 Å². The van der Waals surface area contributed by atoms with Gasteiger partial charge in [-0.3, -0.25) is 4.79 Å². The van der Waals surface area contributed by atoms with Gasteiger partial charge in [-0.1, -0.05) is 35.0 Å². The Balaban J connectivity index is 1.60. The monoisotopic (exact) mass is 362 g/mol. The van der Waals surface area contributed by atoms with Gasteiger partial charge in [0.1, 0.15) is 17.0 Å². The average Bonchev–Trinajstić information content (AvgIpc) is 3.01. The van der Waals surface area contributed by atoms with Gasteiger partial charge in [0.15, 0.2) is 0 Å². The lowest BCUT2D eigenvalue weighted by Gasteiger charge is -2.27. The van der Waals surface area contributed by atoms with Crippen molar-refractivity contribution < 1.29 is 9.32 Å². The molecule has 2 aromatic rings. The predicted molar refractivity (Wildman–Crippen MR) is 97.9 cm³/mol. The summed E-state index contributed by atoms with van der Waals surface area (Å²) >= 11 is 6.23. The molecule has 1 saturated heterocycles. The van der Waals surface area contributed by atoms with E-state index in [0.29, 0.717) is 34.1 Å². The van der Waals surface area contributed by atoms with Crippen LogP contribution in [0.5, 0.6) is 0 Å². The van der Waals surface area contributed by atoms with Gasteiger partial charge >= 0.3 is 0 Å². The molecule has 0 spiro atoms. The third-order valence-corrected chi connectivity index (χ3v) is 4.69. The van der Waals surface area contributed by atoms with Gasteiger partial charge in [-0.25, -0.2) is 0 Å². The number of benzene rings is 1. The summed E-state index contributed by atoms with van der Waals surface area (Å²) < 4.78 is 5.24. The number of amides is 1. The van der Waals surface area contributed by atoms with Gasteiger partial charge in [-0.05, 0) is 26.0 Å². The van der Waals surface area contributed by atoms with Crippen molar-refractivity contribution in [2.45, 2.75) is 13.3 Å². The zero-order valence-electron chi connectivity index (χ0n) is 14.3. The number of rotatable bonds is 6. The molecular formula is C18H23ClN4O2. The molecule has 134 valence electrons. The van der Waals surface area contributed by atoms with E-state index in [9.17, 15) is 4.79 Å². The summed E-state index contributed by atoms with van der Waals surface area (Å²) in [5.74, 6) is 0.323. The Morgan fingerprint density at radius 1 is 1.36 bits per heavy atom. The molecule has 0 aliphatic carbocycles. The smallest absolute Gasteiger partial charge is 0.257 e. The largest absolute Gasteiger partial charge is 0.360 e. The van der Waals surface area contributed by atoms with E-state index in [-0.39, 0.29) is 5.91 Å². The molecule has 1 aromatic heterocycles. The normalized spacial score (nSPS) is 15.3. The number of carbonyl (C=O) groups excluding carboxylic acids is 1. The zero-order valence-corrected chi connectivity index (χ0v) is 15.1. The van der Waals surface area contributed by atoms with Gasteiger partial charge < -0.3 is 20.1 Å². The first-order valence-electron chi connectivity index (χ1n) is 8.59. The number of piperazine rings is 1. The third kappa shape index (κ3) is 4.39. The van der Waals surface area contributed by atoms with Gasteiger partial charge in [0.2, 0.25) is 0 Å². The van der Waals surface area contributed by atoms with E-state index in [1.807, 2.05) is 18.2 Å². The second-order valence-electron chi connectivity index (χ2n) is 6.14. The Hall–Kier alpha value is -1.89. The van der Waals surface area contributed by atoms with Crippen molar-refractivity contribution in [3.8, 4) is 11.3 Å². The second-order valence-corrected chi connectivity index (χ2v) is 6.55. The van der Waals surface area contributed by atoms with Crippen LogP contribution in [0.15, 0.2) is 28.8 Å². The van der Waals surface area contributed by atoms with Gasteiger partial charge in [0.05, 0.1) is 5.02 Å². The van der Waals surface area contributed by atoms with Crippen molar-refractivity contribution in [2.75, 3.05) is 39.3 Å². The van der Waals surface area contributed by atoms with Crippen molar-refractivity contribution in [3.63, 3.8) is 0 Å². The molecule has 3 rings (SSSR count). The van der Waals surface area contributed by atoms with E-state index in [4.69, 9.17) is 16.1 Å². The quantitative estimate of drug-likeness (QED) is 0.772. The van der Waals surface area contributed by atoms with Gasteiger partial charge in [-0.15, -0.1) is 0 Å². The first-order valence-corrected chi connectivity index (χ1v) is 8.97. The molecule has 0 radical (unpaired) electrons. The Morgan fingerprint density at radius 2 is 2.12 bits per heavy atom. The third-order valence-electron chi connectivity index (χ3n) is 4.37. The highest BCUT2D eigenvalue weighted by Crippen LogP contribution is 2.30. The van der Waals surface area contributed by atoms with Crippen molar-refractivity contribution >= 4 is 17.5 Å². The van der Waals surface area contributed by atoms with Crippen LogP contribution < -0.4 is 10.6 Å². The highest BCUT2D eigenvalue weighted by atomic mass is 35.5. The molecule has 0 atom stereocenters. The number of nitrogens with one attached hydrogen (secondary N) is 2. The molecule has 1 aromatic carbocycles. The molecule has 0 saturated carbocycles. The molecule has 2 N–H and O–H groups in total. The second kappa shape index (κ2) is 8.47. The van der Waals surface area contributed by atoms with Crippen LogP contribution >= 0.6 is 11.6 Å². The summed E-state index contributed by atoms with van der Waals surface area (Å²) in [6.45, 7) is 7.55. The fourth-order valence-corrected chi connectivity index (χ4v) is 3.23. The number of aryl methyl sites for hydroxylation is 1. The summed E-state index contributed by atoms with van der Waals surface area (Å²) in [4.78, 5) is 15.0. The Bertz CT molecular complexity index is 726. The fourth-order valence-electron chi connectivity index (χ4n) is 3.00. The number of halogens is 1. The maximum Gasteiger partial charge on any atom is 0.257 e. The maximum absolute atomic E-state index is 12.6. The number of nitrogens with zero attached hydrogens (tertiary/aromatic N) is 2. The van der Waals surface area contributed by atoms with Gasteiger partial charge in [0.25, 0.3) is 5.91 Å². The van der Waals surface area contributed by atoms with Crippen LogP contribution in [0.25, 0.3) is 11.3 Å². The summed E-state index contributed by atoms with van der Waals surface area (Å²) in [7, 11) is 0. The molecule has 0 bridgehead atoms. The standard InChI is InChI=1S/C18H23ClN4O2/c1-13-16(17(22-25-13)14-5-2-3-6-15(14)19)18(24)21-7-4-10-23-11-8-20-9-12-23/h2-3,5-6,20H,4,7-12H2,1H3,(H,21,24). The van der Waals surface area contributed by atoms with Crippen LogP contribution in [-0.2, 0) is 0 Å². The lowest BCUT2D eigenvalue weighted by molar-refractivity contribution is 0.0950. The average molecular weight is 363 g/mol. The Morgan fingerprint density at radius 3 is 2.88 bits per heavy atom. The molecular weight excluding hydrogens is 340 g/mol. The number of aromatic nitrogens is 1. The Kier molecular flexibility index (Phi) is 6.07. The lowest BCUT2D eigenvalue weighted by atomic mass is 10.1. The topological polar surface area (TPSA) is 70.4 Å². The van der Waals surface area contributed by atoms with Crippen molar-refractivity contribution in [2.24, 2.45) is 0 Å². The van der Waals surface area contributed by atoms with Crippen molar-refractivity contribution in [3.05, 3.63) is 40.6 Å². The van der Waals surface area contributed by atoms with E-state index < -0.39 is 0 Å². The number of hydrogen-bond donors (Lipinski definition) is 2. The van der Waals surface area contributed by atoms with Crippen LogP contribution in [0.1, 0.15) is 22.5 Å². The lowest BCUT2D eigenvalue weighted by Crippen LogP contribution is -2.44. The first-order chi connectivity index (χ1) is 12.2. The van der Waals surface area contributed by atoms with Gasteiger partial charge in [0, 0.05) is 38.3 Å². The summed E-state index contributed by atoms with van der Waals surface area (Å²) in [5.41, 5.74) is 1.64. The summed E-state index contributed by atoms with van der Waals surface area (Å²) in [6, 6.07) is 7.31. The predicted octanol–water partition coefficient (Wildman–Crippen LogP) is 2.33. The summed E-state index contributed by atoms with van der Waals surface area (Å²) in [5, 5.41) is 10.9. The molecule has 1 aliphatic rings. The number of carbonyl (C=O) groups is 1. The van der Waals surface area contributed by atoms with Crippen LogP contribution in [0.3, 0.4) is 0 Å². The highest BCUT2D eigenvalue weighted by Gasteiger charge is 2.22. The van der Waals surface area contributed by atoms with E-state index >= 15 is 0 Å². The van der Waals surface area contributed by atoms with Gasteiger partial charge in [-0.2, -0.15) is 0 Å². The molecule has 2 heterocycles. The molecule has 6 nitrogen and oxygen atoms in total. The van der Waals surface area contributed by atoms with Crippen molar-refractivity contribution in [1.82, 2.24) is 20.7 Å². The van der Waals surface area contributed by atoms with E-state index in [0.717, 1.165) is 39.1 Å². The molecule has 1 aliphatic heterocycles. The van der Waals surface area contributed by atoms with Crippen LogP contribution in [0.4, 0.5) is 0 Å². The zero-order chi connectivity index (χ0) is 17.6. The first kappa shape index (κ1) is 17.9. The van der Waals surface area contributed by atoms with Crippen LogP contribution in [-0.4, -0.2) is 55.2 Å². The van der Waals surface area contributed by atoms with Crippen molar-refractivity contribution in [1.29, 1.82) is 0 Å². The molecule has 7 heteroatoms. The molecule has 1 fully saturated rings. The fraction of sp³-hybridized carbons (Fsp3) is 0.444. The number of hydrogen-bond acceptors (Lipinski definition) is 5. The highest BCUT2D eigenvalue weighted by molar-refractivity contribution is 6.33. The van der Waals surface area contributed by atoms with E-state index in [1.165, 1.54) is 0 Å². The Labute approximate surface area is 152 Å². The van der Waals surface area contributed by atoms with Crippen LogP contribution in [0.2, 0.25) is 5.02 Å². The molecule has 0 unspecified atom stereocenters. The van der Waals surface area contributed by atoms with E-state index in [1.54, 1.807) is 13.0 Å².